The number of likely N-dealkylation sites (tertiary alicyclic amines) is 1. The SMILES string of the molecule is CC(=O)SCC(C)(C)OC(=O)CCC1CCN(C(=O)OCc2ccccc2)CC1. The van der Waals surface area contributed by atoms with Gasteiger partial charge >= 0.3 is 12.1 Å². The molecule has 1 aliphatic rings. The van der Waals surface area contributed by atoms with Crippen molar-refractivity contribution in [3.8, 4) is 0 Å². The maximum absolute atomic E-state index is 12.2. The number of esters is 1. The second-order valence-corrected chi connectivity index (χ2v) is 9.18. The van der Waals surface area contributed by atoms with Crippen molar-refractivity contribution >= 4 is 28.9 Å². The van der Waals surface area contributed by atoms with Crippen molar-refractivity contribution in [3.63, 3.8) is 0 Å². The average Bonchev–Trinajstić information content (AvgIpc) is 2.70. The van der Waals surface area contributed by atoms with Gasteiger partial charge in [-0.25, -0.2) is 4.79 Å². The molecule has 160 valence electrons. The summed E-state index contributed by atoms with van der Waals surface area (Å²) in [5.41, 5.74) is 0.318. The van der Waals surface area contributed by atoms with E-state index in [-0.39, 0.29) is 23.8 Å². The summed E-state index contributed by atoms with van der Waals surface area (Å²) in [7, 11) is 0. The molecule has 1 aliphatic heterocycles. The van der Waals surface area contributed by atoms with Crippen LogP contribution in [0.15, 0.2) is 30.3 Å². The Morgan fingerprint density at radius 3 is 2.41 bits per heavy atom. The Labute approximate surface area is 177 Å². The van der Waals surface area contributed by atoms with Crippen LogP contribution in [0.25, 0.3) is 0 Å². The van der Waals surface area contributed by atoms with Crippen molar-refractivity contribution in [2.24, 2.45) is 5.92 Å². The first kappa shape index (κ1) is 23.3. The zero-order chi connectivity index (χ0) is 21.3. The fourth-order valence-corrected chi connectivity index (χ4v) is 3.81. The van der Waals surface area contributed by atoms with Crippen molar-refractivity contribution in [1.82, 2.24) is 4.90 Å². The lowest BCUT2D eigenvalue weighted by Crippen LogP contribution is -2.39. The molecular weight excluding hydrogens is 390 g/mol. The summed E-state index contributed by atoms with van der Waals surface area (Å²) in [5, 5.41) is 0.0168. The predicted octanol–water partition coefficient (Wildman–Crippen LogP) is 4.42. The summed E-state index contributed by atoms with van der Waals surface area (Å²) in [5.74, 6) is 0.622. The van der Waals surface area contributed by atoms with Gasteiger partial charge in [0.15, 0.2) is 5.12 Å². The van der Waals surface area contributed by atoms with Gasteiger partial charge in [0.2, 0.25) is 0 Å². The van der Waals surface area contributed by atoms with Gasteiger partial charge in [0.05, 0.1) is 0 Å². The van der Waals surface area contributed by atoms with Gasteiger partial charge in [0, 0.05) is 32.2 Å². The van der Waals surface area contributed by atoms with Crippen molar-refractivity contribution in [2.45, 2.75) is 58.7 Å². The Bertz CT molecular complexity index is 684. The number of carbonyl (C=O) groups is 3. The molecule has 0 atom stereocenters. The normalized spacial score (nSPS) is 15.1. The standard InChI is InChI=1S/C22H31NO5S/c1-17(24)29-16-22(2,3)28-20(25)10-9-18-11-13-23(14-12-18)21(26)27-15-19-7-5-4-6-8-19/h4-8,18H,9-16H2,1-3H3. The van der Waals surface area contributed by atoms with E-state index in [0.717, 1.165) is 24.8 Å². The Kier molecular flexibility index (Phi) is 9.01. The summed E-state index contributed by atoms with van der Waals surface area (Å²) >= 11 is 1.17. The quantitative estimate of drug-likeness (QED) is 0.579. The van der Waals surface area contributed by atoms with Gasteiger partial charge in [0.1, 0.15) is 12.2 Å². The van der Waals surface area contributed by atoms with Crippen molar-refractivity contribution in [2.75, 3.05) is 18.8 Å². The van der Waals surface area contributed by atoms with Crippen LogP contribution in [0.1, 0.15) is 52.0 Å². The second-order valence-electron chi connectivity index (χ2n) is 8.02. The van der Waals surface area contributed by atoms with E-state index in [1.165, 1.54) is 18.7 Å². The molecule has 0 radical (unpaired) electrons. The minimum absolute atomic E-state index is 0.0168. The van der Waals surface area contributed by atoms with Gasteiger partial charge in [-0.1, -0.05) is 42.1 Å². The monoisotopic (exact) mass is 421 g/mol. The number of rotatable bonds is 8. The van der Waals surface area contributed by atoms with E-state index in [0.29, 0.717) is 31.2 Å². The van der Waals surface area contributed by atoms with E-state index in [9.17, 15) is 14.4 Å². The van der Waals surface area contributed by atoms with Crippen LogP contribution < -0.4 is 0 Å². The smallest absolute Gasteiger partial charge is 0.410 e. The van der Waals surface area contributed by atoms with Crippen LogP contribution in [0.2, 0.25) is 0 Å². The molecule has 0 bridgehead atoms. The first-order chi connectivity index (χ1) is 13.7. The highest BCUT2D eigenvalue weighted by molar-refractivity contribution is 8.13. The fourth-order valence-electron chi connectivity index (χ4n) is 3.20. The van der Waals surface area contributed by atoms with Crippen LogP contribution in [0, 0.1) is 5.92 Å². The molecule has 0 saturated carbocycles. The summed E-state index contributed by atoms with van der Waals surface area (Å²) in [4.78, 5) is 37.2. The Morgan fingerprint density at radius 1 is 1.14 bits per heavy atom. The molecule has 29 heavy (non-hydrogen) atoms. The first-order valence-electron chi connectivity index (χ1n) is 10.1. The van der Waals surface area contributed by atoms with E-state index in [2.05, 4.69) is 0 Å². The van der Waals surface area contributed by atoms with Crippen LogP contribution in [0.3, 0.4) is 0 Å². The lowest BCUT2D eigenvalue weighted by molar-refractivity contribution is -0.154. The lowest BCUT2D eigenvalue weighted by Gasteiger charge is -2.31. The number of thioether (sulfide) groups is 1. The molecule has 0 spiro atoms. The summed E-state index contributed by atoms with van der Waals surface area (Å²) in [6, 6.07) is 9.63. The van der Waals surface area contributed by atoms with Gasteiger partial charge in [-0.15, -0.1) is 0 Å². The van der Waals surface area contributed by atoms with Crippen molar-refractivity contribution < 1.29 is 23.9 Å². The van der Waals surface area contributed by atoms with Gasteiger partial charge in [-0.3, -0.25) is 9.59 Å². The van der Waals surface area contributed by atoms with Gasteiger partial charge < -0.3 is 14.4 Å². The molecule has 0 unspecified atom stereocenters. The number of benzene rings is 1. The number of hydrogen-bond donors (Lipinski definition) is 0. The summed E-state index contributed by atoms with van der Waals surface area (Å²) in [6.07, 6.45) is 2.55. The average molecular weight is 422 g/mol. The van der Waals surface area contributed by atoms with E-state index < -0.39 is 5.60 Å². The van der Waals surface area contributed by atoms with E-state index in [1.807, 2.05) is 44.2 Å². The third-order valence-corrected chi connectivity index (χ3v) is 6.09. The third kappa shape index (κ3) is 8.90. The van der Waals surface area contributed by atoms with Crippen molar-refractivity contribution in [1.29, 1.82) is 0 Å². The van der Waals surface area contributed by atoms with Gasteiger partial charge in [0.25, 0.3) is 0 Å². The maximum Gasteiger partial charge on any atom is 0.410 e. The molecule has 1 amide bonds. The number of amides is 1. The molecule has 1 heterocycles. The Hall–Kier alpha value is -2.02. The Balaban J connectivity index is 1.64. The molecule has 7 heteroatoms. The molecule has 1 aromatic rings. The molecule has 0 aromatic heterocycles. The Morgan fingerprint density at radius 2 is 1.79 bits per heavy atom. The maximum atomic E-state index is 12.2. The molecule has 1 fully saturated rings. The molecule has 0 N–H and O–H groups in total. The number of ether oxygens (including phenoxy) is 2. The number of carbonyl (C=O) groups excluding carboxylic acids is 3. The molecule has 6 nitrogen and oxygen atoms in total. The van der Waals surface area contributed by atoms with E-state index >= 15 is 0 Å². The highest BCUT2D eigenvalue weighted by Crippen LogP contribution is 2.24. The fraction of sp³-hybridized carbons (Fsp3) is 0.591. The number of piperidine rings is 1. The minimum Gasteiger partial charge on any atom is -0.459 e. The van der Waals surface area contributed by atoms with Crippen LogP contribution in [-0.2, 0) is 25.7 Å². The summed E-state index contributed by atoms with van der Waals surface area (Å²) in [6.45, 7) is 6.72. The topological polar surface area (TPSA) is 72.9 Å². The zero-order valence-electron chi connectivity index (χ0n) is 17.5. The largest absolute Gasteiger partial charge is 0.459 e. The van der Waals surface area contributed by atoms with E-state index in [1.54, 1.807) is 4.90 Å². The van der Waals surface area contributed by atoms with Crippen LogP contribution in [0.5, 0.6) is 0 Å². The van der Waals surface area contributed by atoms with E-state index in [4.69, 9.17) is 9.47 Å². The van der Waals surface area contributed by atoms with Crippen LogP contribution in [-0.4, -0.2) is 46.5 Å². The summed E-state index contributed by atoms with van der Waals surface area (Å²) < 4.78 is 10.9. The molecule has 2 rings (SSSR count). The van der Waals surface area contributed by atoms with Crippen LogP contribution >= 0.6 is 11.8 Å². The number of nitrogens with zero attached hydrogens (tertiary/aromatic N) is 1. The van der Waals surface area contributed by atoms with Gasteiger partial charge in [-0.2, -0.15) is 0 Å². The highest BCUT2D eigenvalue weighted by Gasteiger charge is 2.27. The third-order valence-electron chi connectivity index (χ3n) is 4.85. The molecule has 0 aliphatic carbocycles. The first-order valence-corrected chi connectivity index (χ1v) is 11.0. The molecule has 1 saturated heterocycles. The molecular formula is C22H31NO5S. The second kappa shape index (κ2) is 11.2. The predicted molar refractivity (Wildman–Crippen MR) is 113 cm³/mol. The van der Waals surface area contributed by atoms with Gasteiger partial charge in [-0.05, 0) is 44.6 Å². The number of hydrogen-bond acceptors (Lipinski definition) is 6. The minimum atomic E-state index is -0.653. The lowest BCUT2D eigenvalue weighted by atomic mass is 9.92. The molecule has 1 aromatic carbocycles. The zero-order valence-corrected chi connectivity index (χ0v) is 18.3. The van der Waals surface area contributed by atoms with Crippen molar-refractivity contribution in [3.05, 3.63) is 35.9 Å². The highest BCUT2D eigenvalue weighted by atomic mass is 32.2. The van der Waals surface area contributed by atoms with Crippen LogP contribution in [0.4, 0.5) is 4.79 Å².